The summed E-state index contributed by atoms with van der Waals surface area (Å²) in [6, 6.07) is 9.99. The lowest BCUT2D eigenvalue weighted by molar-refractivity contribution is -0.131. The molecule has 3 heterocycles. The number of aromatic amines is 1. The van der Waals surface area contributed by atoms with Crippen LogP contribution in [0, 0.1) is 11.6 Å². The molecule has 0 unspecified atom stereocenters. The summed E-state index contributed by atoms with van der Waals surface area (Å²) in [4.78, 5) is 16.5. The molecule has 2 atom stereocenters. The van der Waals surface area contributed by atoms with E-state index in [1.165, 1.54) is 18.2 Å². The molecule has 0 aliphatic carbocycles. The van der Waals surface area contributed by atoms with Crippen LogP contribution in [0.25, 0.3) is 17.0 Å². The number of carboxylic acids is 1. The number of H-pyrrole nitrogens is 1. The van der Waals surface area contributed by atoms with Gasteiger partial charge in [-0.1, -0.05) is 18.2 Å². The Labute approximate surface area is 190 Å². The van der Waals surface area contributed by atoms with Crippen molar-refractivity contribution in [1.29, 1.82) is 0 Å². The van der Waals surface area contributed by atoms with Gasteiger partial charge in [-0.05, 0) is 61.6 Å². The number of halogens is 2. The first-order valence-corrected chi connectivity index (χ1v) is 11.3. The molecular weight excluding hydrogens is 426 g/mol. The number of carbonyl (C=O) groups is 1. The summed E-state index contributed by atoms with van der Waals surface area (Å²) in [5.74, 6) is -2.53. The second-order valence-electron chi connectivity index (χ2n) is 8.88. The van der Waals surface area contributed by atoms with Crippen molar-refractivity contribution < 1.29 is 23.4 Å². The lowest BCUT2D eigenvalue weighted by Gasteiger charge is -2.46. The van der Waals surface area contributed by atoms with Gasteiger partial charge in [-0.2, -0.15) is 0 Å². The number of nitrogens with one attached hydrogen (secondary N) is 1. The summed E-state index contributed by atoms with van der Waals surface area (Å²) in [6.07, 6.45) is 4.47. The van der Waals surface area contributed by atoms with Crippen molar-refractivity contribution in [3.05, 3.63) is 76.5 Å². The Hall–Kier alpha value is -3.03. The molecule has 0 saturated carbocycles. The maximum absolute atomic E-state index is 15.6. The van der Waals surface area contributed by atoms with Crippen LogP contribution in [0.2, 0.25) is 0 Å². The quantitative estimate of drug-likeness (QED) is 0.543. The highest BCUT2D eigenvalue weighted by atomic mass is 19.1. The van der Waals surface area contributed by atoms with Gasteiger partial charge in [-0.25, -0.2) is 13.6 Å². The number of benzene rings is 2. The molecule has 33 heavy (non-hydrogen) atoms. The molecule has 2 aliphatic heterocycles. The van der Waals surface area contributed by atoms with E-state index < -0.39 is 23.6 Å². The Kier molecular flexibility index (Phi) is 5.76. The van der Waals surface area contributed by atoms with Gasteiger partial charge in [-0.15, -0.1) is 0 Å². The number of hydrogen-bond donors (Lipinski definition) is 2. The van der Waals surface area contributed by atoms with Gasteiger partial charge in [0, 0.05) is 53.5 Å². The predicted octanol–water partition coefficient (Wildman–Crippen LogP) is 5.06. The molecule has 0 radical (unpaired) electrons. The SMILES string of the molecule is C[C@@H]1Cc2c([nH]c3ccccc23)[C@@H](c2c(F)cc(/C=C/C(=O)O)cc2F)N1C1CCOCC1. The highest BCUT2D eigenvalue weighted by molar-refractivity contribution is 5.86. The number of para-hydroxylation sites is 1. The maximum atomic E-state index is 15.6. The zero-order chi connectivity index (χ0) is 23.1. The zero-order valence-electron chi connectivity index (χ0n) is 18.4. The van der Waals surface area contributed by atoms with Crippen LogP contribution in [-0.2, 0) is 16.0 Å². The van der Waals surface area contributed by atoms with Crippen LogP contribution < -0.4 is 0 Å². The number of fused-ring (bicyclic) bond motifs is 3. The van der Waals surface area contributed by atoms with Crippen LogP contribution in [0.5, 0.6) is 0 Å². The van der Waals surface area contributed by atoms with Gasteiger partial charge in [0.25, 0.3) is 0 Å². The molecular formula is C26H26F2N2O3. The number of carboxylic acid groups (broad SMARTS) is 1. The van der Waals surface area contributed by atoms with E-state index >= 15 is 8.78 Å². The van der Waals surface area contributed by atoms with Crippen molar-refractivity contribution in [1.82, 2.24) is 9.88 Å². The molecule has 7 heteroatoms. The van der Waals surface area contributed by atoms with Crippen LogP contribution in [-0.4, -0.2) is 46.3 Å². The van der Waals surface area contributed by atoms with E-state index in [-0.39, 0.29) is 23.2 Å². The minimum absolute atomic E-state index is 0.00618. The van der Waals surface area contributed by atoms with E-state index in [4.69, 9.17) is 9.84 Å². The van der Waals surface area contributed by atoms with Gasteiger partial charge in [0.05, 0.1) is 6.04 Å². The molecule has 2 aliphatic rings. The fourth-order valence-electron chi connectivity index (χ4n) is 5.45. The molecule has 1 aromatic heterocycles. The third-order valence-electron chi connectivity index (χ3n) is 6.83. The van der Waals surface area contributed by atoms with Crippen LogP contribution in [0.4, 0.5) is 8.78 Å². The van der Waals surface area contributed by atoms with E-state index in [2.05, 4.69) is 16.8 Å². The lowest BCUT2D eigenvalue weighted by atomic mass is 9.85. The van der Waals surface area contributed by atoms with Crippen molar-refractivity contribution in [2.75, 3.05) is 13.2 Å². The number of hydrogen-bond acceptors (Lipinski definition) is 3. The summed E-state index contributed by atoms with van der Waals surface area (Å²) >= 11 is 0. The Morgan fingerprint density at radius 1 is 1.18 bits per heavy atom. The van der Waals surface area contributed by atoms with Gasteiger partial charge < -0.3 is 14.8 Å². The van der Waals surface area contributed by atoms with Crippen LogP contribution in [0.15, 0.2) is 42.5 Å². The van der Waals surface area contributed by atoms with Crippen molar-refractivity contribution in [2.24, 2.45) is 0 Å². The van der Waals surface area contributed by atoms with Crippen LogP contribution in [0.1, 0.15) is 48.2 Å². The highest BCUT2D eigenvalue weighted by Crippen LogP contribution is 2.44. The van der Waals surface area contributed by atoms with Crippen LogP contribution >= 0.6 is 0 Å². The smallest absolute Gasteiger partial charge is 0.328 e. The van der Waals surface area contributed by atoms with Crippen molar-refractivity contribution >= 4 is 22.9 Å². The first-order chi connectivity index (χ1) is 15.9. The first-order valence-electron chi connectivity index (χ1n) is 11.3. The largest absolute Gasteiger partial charge is 0.478 e. The van der Waals surface area contributed by atoms with E-state index in [1.54, 1.807) is 0 Å². The Morgan fingerprint density at radius 3 is 2.58 bits per heavy atom. The average Bonchev–Trinajstić information content (AvgIpc) is 3.16. The molecule has 0 spiro atoms. The summed E-state index contributed by atoms with van der Waals surface area (Å²) in [5.41, 5.74) is 3.05. The van der Waals surface area contributed by atoms with Gasteiger partial charge in [0.15, 0.2) is 0 Å². The number of rotatable bonds is 4. The zero-order valence-corrected chi connectivity index (χ0v) is 18.4. The summed E-state index contributed by atoms with van der Waals surface area (Å²) in [6.45, 7) is 3.38. The summed E-state index contributed by atoms with van der Waals surface area (Å²) < 4.78 is 36.7. The Bertz CT molecular complexity index is 1210. The van der Waals surface area contributed by atoms with Crippen molar-refractivity contribution in [3.8, 4) is 0 Å². The second-order valence-corrected chi connectivity index (χ2v) is 8.88. The normalized spacial score (nSPS) is 22.2. The predicted molar refractivity (Wildman–Crippen MR) is 122 cm³/mol. The molecule has 0 bridgehead atoms. The topological polar surface area (TPSA) is 65.6 Å². The third-order valence-corrected chi connectivity index (χ3v) is 6.83. The van der Waals surface area contributed by atoms with Crippen molar-refractivity contribution in [2.45, 2.75) is 44.3 Å². The van der Waals surface area contributed by atoms with Gasteiger partial charge in [0.1, 0.15) is 11.6 Å². The molecule has 5 nitrogen and oxygen atoms in total. The second kappa shape index (κ2) is 8.72. The third kappa shape index (κ3) is 3.96. The highest BCUT2D eigenvalue weighted by Gasteiger charge is 2.42. The summed E-state index contributed by atoms with van der Waals surface area (Å²) in [5, 5.41) is 9.94. The van der Waals surface area contributed by atoms with E-state index in [1.807, 2.05) is 24.3 Å². The minimum Gasteiger partial charge on any atom is -0.478 e. The molecule has 3 aromatic rings. The average molecular weight is 453 g/mol. The first kappa shape index (κ1) is 21.8. The number of ether oxygens (including phenoxy) is 1. The summed E-state index contributed by atoms with van der Waals surface area (Å²) in [7, 11) is 0. The number of aliphatic carboxylic acids is 1. The minimum atomic E-state index is -1.17. The van der Waals surface area contributed by atoms with Crippen LogP contribution in [0.3, 0.4) is 0 Å². The maximum Gasteiger partial charge on any atom is 0.328 e. The molecule has 1 saturated heterocycles. The van der Waals surface area contributed by atoms with E-state index in [9.17, 15) is 4.79 Å². The Balaban J connectivity index is 1.69. The standard InChI is InChI=1S/C26H26F2N2O3/c1-15-12-19-18-4-2-3-5-22(18)29-25(19)26(30(15)17-8-10-33-11-9-17)24-20(27)13-16(14-21(24)28)6-7-23(31)32/h2-7,13-15,17,26,29H,8-12H2,1H3,(H,31,32)/b7-6+/t15-,26-/m1/s1. The molecule has 1 fully saturated rings. The molecule has 2 aromatic carbocycles. The number of nitrogens with zero attached hydrogens (tertiary/aromatic N) is 1. The van der Waals surface area contributed by atoms with Gasteiger partial charge in [0.2, 0.25) is 0 Å². The fourth-order valence-corrected chi connectivity index (χ4v) is 5.45. The fraction of sp³-hybridized carbons (Fsp3) is 0.346. The monoisotopic (exact) mass is 452 g/mol. The number of aromatic nitrogens is 1. The van der Waals surface area contributed by atoms with Crippen molar-refractivity contribution in [3.63, 3.8) is 0 Å². The van der Waals surface area contributed by atoms with E-state index in [0.29, 0.717) is 13.2 Å². The Morgan fingerprint density at radius 2 is 1.88 bits per heavy atom. The van der Waals surface area contributed by atoms with Gasteiger partial charge >= 0.3 is 5.97 Å². The molecule has 0 amide bonds. The molecule has 172 valence electrons. The van der Waals surface area contributed by atoms with E-state index in [0.717, 1.165) is 47.5 Å². The lowest BCUT2D eigenvalue weighted by Crippen LogP contribution is -2.50. The van der Waals surface area contributed by atoms with Gasteiger partial charge in [-0.3, -0.25) is 4.90 Å². The molecule has 2 N–H and O–H groups in total. The molecule has 5 rings (SSSR count).